The van der Waals surface area contributed by atoms with E-state index in [1.165, 1.54) is 28.8 Å². The number of anilines is 1. The first-order chi connectivity index (χ1) is 26.5. The Morgan fingerprint density at radius 2 is 1.23 bits per heavy atom. The van der Waals surface area contributed by atoms with Gasteiger partial charge in [-0.3, -0.25) is 14.9 Å². The van der Waals surface area contributed by atoms with E-state index in [-0.39, 0.29) is 37.2 Å². The van der Waals surface area contributed by atoms with Crippen LogP contribution in [0.4, 0.5) is 5.69 Å². The van der Waals surface area contributed by atoms with Gasteiger partial charge in [0.05, 0.1) is 54.0 Å². The number of aromatic nitrogens is 2. The van der Waals surface area contributed by atoms with Gasteiger partial charge in [-0.1, -0.05) is 12.1 Å². The lowest BCUT2D eigenvalue weighted by Crippen LogP contribution is -2.44. The maximum atomic E-state index is 5.71. The third-order valence-corrected chi connectivity index (χ3v) is 10.8. The van der Waals surface area contributed by atoms with Gasteiger partial charge in [-0.15, -0.1) is 37.2 Å². The molecule has 0 N–H and O–H groups in total. The van der Waals surface area contributed by atoms with Gasteiger partial charge in [0.25, 0.3) is 0 Å². The second-order valence-corrected chi connectivity index (χ2v) is 13.8. The van der Waals surface area contributed by atoms with Crippen LogP contribution in [0.2, 0.25) is 0 Å². The molecule has 0 amide bonds. The molecule has 10 nitrogen and oxygen atoms in total. The molecular formula is C44H53Cl3N4O6. The zero-order valence-electron chi connectivity index (χ0n) is 33.4. The van der Waals surface area contributed by atoms with Crippen molar-refractivity contribution in [2.24, 2.45) is 0 Å². The normalized spacial score (nSPS) is 13.6. The van der Waals surface area contributed by atoms with Gasteiger partial charge in [-0.2, -0.15) is 0 Å². The molecule has 57 heavy (non-hydrogen) atoms. The molecule has 7 rings (SSSR count). The fourth-order valence-electron chi connectivity index (χ4n) is 8.00. The van der Waals surface area contributed by atoms with Crippen LogP contribution in [0.3, 0.4) is 0 Å². The summed E-state index contributed by atoms with van der Waals surface area (Å²) in [5, 5.41) is 0. The number of pyridine rings is 2. The summed E-state index contributed by atoms with van der Waals surface area (Å²) in [6, 6.07) is 23.8. The van der Waals surface area contributed by atoms with Gasteiger partial charge in [-0.05, 0) is 109 Å². The standard InChI is InChI=1S/C44H50N4O6.3ClH/c1-49-38-23-33(24-39(50-2)43(38)53-5)37-21-29(14-18-45-37)27-47-19-15-35(16-20-47)48(36-13-12-30-9-7-10-31(30)22-36)28-32-11-8-17-46-42(32)34-25-40(51-3)44(54-6)41(26-34)52-4;;;/h8,11-14,17-18,21-26,35H,7,9-10,15-16,19-20,27-28H2,1-6H3;3*1H. The van der Waals surface area contributed by atoms with Crippen molar-refractivity contribution >= 4 is 42.9 Å². The first-order valence-corrected chi connectivity index (χ1v) is 18.6. The topological polar surface area (TPSA) is 87.6 Å². The van der Waals surface area contributed by atoms with E-state index in [4.69, 9.17) is 38.4 Å². The molecule has 2 aromatic heterocycles. The number of hydrogen-bond acceptors (Lipinski definition) is 10. The van der Waals surface area contributed by atoms with Crippen molar-refractivity contribution in [1.82, 2.24) is 14.9 Å². The van der Waals surface area contributed by atoms with Crippen molar-refractivity contribution in [1.29, 1.82) is 0 Å². The Balaban J connectivity index is 0.00000240. The second kappa shape index (κ2) is 20.7. The Bertz CT molecular complexity index is 2050. The molecule has 1 aliphatic heterocycles. The Kier molecular flexibility index (Phi) is 16.4. The zero-order chi connectivity index (χ0) is 37.6. The molecule has 0 saturated carbocycles. The molecule has 0 spiro atoms. The summed E-state index contributed by atoms with van der Waals surface area (Å²) in [4.78, 5) is 14.8. The number of likely N-dealkylation sites (tertiary alicyclic amines) is 1. The number of nitrogens with zero attached hydrogens (tertiary/aromatic N) is 4. The molecular weight excluding hydrogens is 787 g/mol. The van der Waals surface area contributed by atoms with Gasteiger partial charge in [0.15, 0.2) is 23.0 Å². The van der Waals surface area contributed by atoms with Gasteiger partial charge in [-0.25, -0.2) is 0 Å². The molecule has 0 atom stereocenters. The van der Waals surface area contributed by atoms with Gasteiger partial charge < -0.3 is 33.3 Å². The third kappa shape index (κ3) is 9.75. The molecule has 0 unspecified atom stereocenters. The molecule has 0 bridgehead atoms. The third-order valence-electron chi connectivity index (χ3n) is 10.8. The van der Waals surface area contributed by atoms with E-state index in [0.29, 0.717) is 40.5 Å². The predicted octanol–water partition coefficient (Wildman–Crippen LogP) is 9.29. The minimum atomic E-state index is 0. The van der Waals surface area contributed by atoms with E-state index in [0.717, 1.165) is 79.9 Å². The van der Waals surface area contributed by atoms with Gasteiger partial charge in [0.1, 0.15) is 0 Å². The number of ether oxygens (including phenoxy) is 6. The van der Waals surface area contributed by atoms with E-state index in [2.05, 4.69) is 46.2 Å². The van der Waals surface area contributed by atoms with Crippen LogP contribution in [0.5, 0.6) is 34.5 Å². The lowest BCUT2D eigenvalue weighted by Gasteiger charge is -2.40. The van der Waals surface area contributed by atoms with E-state index in [1.807, 2.05) is 42.7 Å². The number of piperidine rings is 1. The van der Waals surface area contributed by atoms with Crippen LogP contribution in [0.15, 0.2) is 79.1 Å². The fraction of sp³-hybridized carbons (Fsp3) is 0.364. The van der Waals surface area contributed by atoms with Crippen molar-refractivity contribution in [3.63, 3.8) is 0 Å². The van der Waals surface area contributed by atoms with Crippen LogP contribution >= 0.6 is 37.2 Å². The van der Waals surface area contributed by atoms with Crippen LogP contribution in [-0.2, 0) is 25.9 Å². The lowest BCUT2D eigenvalue weighted by atomic mass is 9.98. The second-order valence-electron chi connectivity index (χ2n) is 13.8. The molecule has 5 aromatic rings. The Labute approximate surface area is 355 Å². The molecule has 306 valence electrons. The Hall–Kier alpha value is -4.61. The van der Waals surface area contributed by atoms with Crippen LogP contribution in [-0.4, -0.2) is 76.7 Å². The van der Waals surface area contributed by atoms with Crippen LogP contribution in [0.25, 0.3) is 22.5 Å². The quantitative estimate of drug-likeness (QED) is 0.108. The van der Waals surface area contributed by atoms with Crippen LogP contribution in [0, 0.1) is 0 Å². The SMILES string of the molecule is COc1cc(-c2cc(CN3CCC(N(Cc4cccnc4-c4cc(OC)c(OC)c(OC)c4)c4ccc5c(c4)CCC5)CC3)ccn2)cc(OC)c1OC.Cl.Cl.Cl. The maximum Gasteiger partial charge on any atom is 0.203 e. The Morgan fingerprint density at radius 3 is 1.82 bits per heavy atom. The highest BCUT2D eigenvalue weighted by atomic mass is 35.5. The molecule has 3 aromatic carbocycles. The van der Waals surface area contributed by atoms with E-state index in [9.17, 15) is 0 Å². The molecule has 13 heteroatoms. The van der Waals surface area contributed by atoms with E-state index < -0.39 is 0 Å². The van der Waals surface area contributed by atoms with Crippen molar-refractivity contribution < 1.29 is 28.4 Å². The minimum absolute atomic E-state index is 0. The summed E-state index contributed by atoms with van der Waals surface area (Å²) in [5.74, 6) is 3.56. The molecule has 2 aliphatic rings. The van der Waals surface area contributed by atoms with Crippen molar-refractivity contribution in [3.05, 3.63) is 101 Å². The largest absolute Gasteiger partial charge is 0.493 e. The highest BCUT2D eigenvalue weighted by Crippen LogP contribution is 2.43. The summed E-state index contributed by atoms with van der Waals surface area (Å²) in [5.41, 5.74) is 10.2. The number of fused-ring (bicyclic) bond motifs is 1. The average Bonchev–Trinajstić information content (AvgIpc) is 3.70. The number of benzene rings is 3. The van der Waals surface area contributed by atoms with E-state index >= 15 is 0 Å². The molecule has 3 heterocycles. The highest BCUT2D eigenvalue weighted by Gasteiger charge is 2.28. The predicted molar refractivity (Wildman–Crippen MR) is 233 cm³/mol. The summed E-state index contributed by atoms with van der Waals surface area (Å²) in [7, 11) is 9.79. The van der Waals surface area contributed by atoms with Gasteiger partial charge in [0, 0.05) is 61.4 Å². The molecule has 1 saturated heterocycles. The first kappa shape index (κ1) is 45.1. The summed E-state index contributed by atoms with van der Waals surface area (Å²) < 4.78 is 33.8. The lowest BCUT2D eigenvalue weighted by molar-refractivity contribution is 0.201. The average molecular weight is 840 g/mol. The fourth-order valence-corrected chi connectivity index (χ4v) is 8.00. The highest BCUT2D eigenvalue weighted by molar-refractivity contribution is 5.86. The number of halogens is 3. The Morgan fingerprint density at radius 1 is 0.632 bits per heavy atom. The van der Waals surface area contributed by atoms with Crippen LogP contribution in [0.1, 0.15) is 41.5 Å². The summed E-state index contributed by atoms with van der Waals surface area (Å²) >= 11 is 0. The molecule has 1 fully saturated rings. The monoisotopic (exact) mass is 838 g/mol. The zero-order valence-corrected chi connectivity index (χ0v) is 35.9. The summed E-state index contributed by atoms with van der Waals surface area (Å²) in [6.45, 7) is 3.55. The van der Waals surface area contributed by atoms with Gasteiger partial charge >= 0.3 is 0 Å². The number of methoxy groups -OCH3 is 6. The van der Waals surface area contributed by atoms with Crippen molar-refractivity contribution in [3.8, 4) is 57.0 Å². The van der Waals surface area contributed by atoms with Gasteiger partial charge in [0.2, 0.25) is 11.5 Å². The smallest absolute Gasteiger partial charge is 0.203 e. The maximum absolute atomic E-state index is 5.71. The number of aryl methyl sites for hydroxylation is 2. The van der Waals surface area contributed by atoms with Crippen molar-refractivity contribution in [2.45, 2.75) is 51.2 Å². The number of hydrogen-bond donors (Lipinski definition) is 0. The van der Waals surface area contributed by atoms with Crippen molar-refractivity contribution in [2.75, 3.05) is 60.6 Å². The number of rotatable bonds is 14. The first-order valence-electron chi connectivity index (χ1n) is 18.6. The summed E-state index contributed by atoms with van der Waals surface area (Å²) in [6.07, 6.45) is 9.36. The van der Waals surface area contributed by atoms with Crippen LogP contribution < -0.4 is 33.3 Å². The molecule has 1 aliphatic carbocycles. The minimum Gasteiger partial charge on any atom is -0.493 e. The van der Waals surface area contributed by atoms with E-state index in [1.54, 1.807) is 42.7 Å². The molecule has 0 radical (unpaired) electrons.